The largest absolute Gasteiger partial charge is 0.444 e. The smallest absolute Gasteiger partial charge is 0.423 e. The third-order valence-electron chi connectivity index (χ3n) is 2.22. The number of halogens is 3. The van der Waals surface area contributed by atoms with Crippen molar-refractivity contribution in [1.82, 2.24) is 4.98 Å². The standard InChI is InChI=1S/C10H5F3N2O3/c11-10(12,13)7-3-6(9-4-14-5-18-9)1-2-8(7)15(16)17/h1-5H. The lowest BCUT2D eigenvalue weighted by molar-refractivity contribution is -0.388. The van der Waals surface area contributed by atoms with E-state index in [9.17, 15) is 23.3 Å². The number of nitro groups is 1. The molecule has 0 aliphatic heterocycles. The fourth-order valence-corrected chi connectivity index (χ4v) is 1.43. The summed E-state index contributed by atoms with van der Waals surface area (Å²) in [6.45, 7) is 0. The molecule has 0 fully saturated rings. The Morgan fingerprint density at radius 2 is 2.06 bits per heavy atom. The van der Waals surface area contributed by atoms with Gasteiger partial charge < -0.3 is 4.42 Å². The zero-order valence-electron chi connectivity index (χ0n) is 8.64. The lowest BCUT2D eigenvalue weighted by Crippen LogP contribution is -2.09. The zero-order chi connectivity index (χ0) is 13.3. The Kier molecular flexibility index (Phi) is 2.77. The Labute approximate surface area is 98.0 Å². The van der Waals surface area contributed by atoms with E-state index in [2.05, 4.69) is 4.98 Å². The number of alkyl halides is 3. The van der Waals surface area contributed by atoms with Gasteiger partial charge in [0.05, 0.1) is 11.1 Å². The summed E-state index contributed by atoms with van der Waals surface area (Å²) in [7, 11) is 0. The first kappa shape index (κ1) is 12.1. The summed E-state index contributed by atoms with van der Waals surface area (Å²) in [4.78, 5) is 13.0. The van der Waals surface area contributed by atoms with Crippen LogP contribution < -0.4 is 0 Å². The average Bonchev–Trinajstić information content (AvgIpc) is 2.80. The molecule has 0 saturated heterocycles. The monoisotopic (exact) mass is 258 g/mol. The average molecular weight is 258 g/mol. The first-order valence-corrected chi connectivity index (χ1v) is 4.64. The van der Waals surface area contributed by atoms with Gasteiger partial charge in [-0.15, -0.1) is 0 Å². The molecule has 5 nitrogen and oxygen atoms in total. The second kappa shape index (κ2) is 4.13. The normalized spacial score (nSPS) is 11.5. The van der Waals surface area contributed by atoms with E-state index in [0.29, 0.717) is 6.07 Å². The van der Waals surface area contributed by atoms with Crippen molar-refractivity contribution in [1.29, 1.82) is 0 Å². The fourth-order valence-electron chi connectivity index (χ4n) is 1.43. The molecule has 0 unspecified atom stereocenters. The van der Waals surface area contributed by atoms with E-state index < -0.39 is 22.4 Å². The molecule has 2 rings (SSSR count). The molecule has 0 radical (unpaired) electrons. The van der Waals surface area contributed by atoms with Crippen LogP contribution in [0.5, 0.6) is 0 Å². The molecular formula is C10H5F3N2O3. The maximum Gasteiger partial charge on any atom is 0.423 e. The molecule has 8 heteroatoms. The fraction of sp³-hybridized carbons (Fsp3) is 0.100. The number of oxazole rings is 1. The minimum absolute atomic E-state index is 0.0745. The van der Waals surface area contributed by atoms with Crippen molar-refractivity contribution in [2.75, 3.05) is 0 Å². The number of hydrogen-bond donors (Lipinski definition) is 0. The van der Waals surface area contributed by atoms with Crippen LogP contribution in [0.1, 0.15) is 5.56 Å². The highest BCUT2D eigenvalue weighted by Gasteiger charge is 2.38. The Hall–Kier alpha value is -2.38. The number of hydrogen-bond acceptors (Lipinski definition) is 4. The lowest BCUT2D eigenvalue weighted by atomic mass is 10.1. The van der Waals surface area contributed by atoms with E-state index in [1.807, 2.05) is 0 Å². The summed E-state index contributed by atoms with van der Waals surface area (Å²) >= 11 is 0. The van der Waals surface area contributed by atoms with E-state index >= 15 is 0 Å². The van der Waals surface area contributed by atoms with Crippen LogP contribution in [0.25, 0.3) is 11.3 Å². The van der Waals surface area contributed by atoms with Gasteiger partial charge >= 0.3 is 6.18 Å². The lowest BCUT2D eigenvalue weighted by Gasteiger charge is -2.08. The molecule has 1 aromatic carbocycles. The van der Waals surface area contributed by atoms with Crippen LogP contribution in [0.4, 0.5) is 18.9 Å². The molecule has 94 valence electrons. The zero-order valence-corrected chi connectivity index (χ0v) is 8.64. The van der Waals surface area contributed by atoms with Crippen molar-refractivity contribution >= 4 is 5.69 Å². The van der Waals surface area contributed by atoms with Gasteiger partial charge in [-0.3, -0.25) is 10.1 Å². The molecule has 0 spiro atoms. The van der Waals surface area contributed by atoms with Crippen molar-refractivity contribution in [2.24, 2.45) is 0 Å². The minimum Gasteiger partial charge on any atom is -0.444 e. The van der Waals surface area contributed by atoms with E-state index in [-0.39, 0.29) is 11.3 Å². The van der Waals surface area contributed by atoms with Crippen LogP contribution in [0.15, 0.2) is 35.2 Å². The van der Waals surface area contributed by atoms with Crippen molar-refractivity contribution in [2.45, 2.75) is 6.18 Å². The molecule has 0 saturated carbocycles. The van der Waals surface area contributed by atoms with Crippen molar-refractivity contribution in [3.63, 3.8) is 0 Å². The topological polar surface area (TPSA) is 69.2 Å². The summed E-state index contributed by atoms with van der Waals surface area (Å²) in [5, 5.41) is 10.5. The van der Waals surface area contributed by atoms with Crippen molar-refractivity contribution in [3.8, 4) is 11.3 Å². The molecule has 0 bridgehead atoms. The number of aromatic nitrogens is 1. The van der Waals surface area contributed by atoms with E-state index in [1.165, 1.54) is 12.3 Å². The Morgan fingerprint density at radius 1 is 1.33 bits per heavy atom. The van der Waals surface area contributed by atoms with Gasteiger partial charge in [0.25, 0.3) is 5.69 Å². The van der Waals surface area contributed by atoms with Crippen LogP contribution in [0, 0.1) is 10.1 Å². The highest BCUT2D eigenvalue weighted by Crippen LogP contribution is 2.38. The van der Waals surface area contributed by atoms with Gasteiger partial charge in [0.15, 0.2) is 12.2 Å². The first-order chi connectivity index (χ1) is 8.39. The molecule has 18 heavy (non-hydrogen) atoms. The molecule has 1 aromatic heterocycles. The summed E-state index contributed by atoms with van der Waals surface area (Å²) < 4.78 is 42.9. The van der Waals surface area contributed by atoms with Gasteiger partial charge in [-0.2, -0.15) is 13.2 Å². The SMILES string of the molecule is O=[N+]([O-])c1ccc(-c2cnco2)cc1C(F)(F)F. The highest BCUT2D eigenvalue weighted by atomic mass is 19.4. The van der Waals surface area contributed by atoms with Gasteiger partial charge in [-0.05, 0) is 12.1 Å². The first-order valence-electron chi connectivity index (χ1n) is 4.64. The van der Waals surface area contributed by atoms with Crippen LogP contribution in [-0.2, 0) is 6.18 Å². The Morgan fingerprint density at radius 3 is 2.56 bits per heavy atom. The van der Waals surface area contributed by atoms with E-state index in [1.54, 1.807) is 0 Å². The highest BCUT2D eigenvalue weighted by molar-refractivity contribution is 5.61. The van der Waals surface area contributed by atoms with Gasteiger partial charge in [0.1, 0.15) is 5.56 Å². The summed E-state index contributed by atoms with van der Waals surface area (Å²) in [6, 6.07) is 2.63. The van der Waals surface area contributed by atoms with E-state index in [0.717, 1.165) is 12.5 Å². The molecule has 0 aliphatic rings. The third kappa shape index (κ3) is 2.17. The maximum atomic E-state index is 12.7. The molecule has 0 aliphatic carbocycles. The molecule has 0 amide bonds. The predicted octanol–water partition coefficient (Wildman–Crippen LogP) is 3.27. The number of nitro benzene ring substituents is 1. The molecule has 2 aromatic rings. The second-order valence-corrected chi connectivity index (χ2v) is 3.35. The molecule has 0 atom stereocenters. The maximum absolute atomic E-state index is 12.7. The molecule has 0 N–H and O–H groups in total. The van der Waals surface area contributed by atoms with Crippen LogP contribution in [-0.4, -0.2) is 9.91 Å². The van der Waals surface area contributed by atoms with E-state index in [4.69, 9.17) is 4.42 Å². The Balaban J connectivity index is 2.60. The van der Waals surface area contributed by atoms with Crippen molar-refractivity contribution < 1.29 is 22.5 Å². The minimum atomic E-state index is -4.81. The van der Waals surface area contributed by atoms with Crippen LogP contribution in [0.2, 0.25) is 0 Å². The third-order valence-corrected chi connectivity index (χ3v) is 2.22. The number of benzene rings is 1. The molecular weight excluding hydrogens is 253 g/mol. The van der Waals surface area contributed by atoms with Gasteiger partial charge in [-0.25, -0.2) is 4.98 Å². The summed E-state index contributed by atoms with van der Waals surface area (Å²) in [6.07, 6.45) is -2.52. The van der Waals surface area contributed by atoms with Crippen LogP contribution >= 0.6 is 0 Å². The molecule has 1 heterocycles. The summed E-state index contributed by atoms with van der Waals surface area (Å²) in [5.41, 5.74) is -2.24. The number of nitrogens with zero attached hydrogens (tertiary/aromatic N) is 2. The predicted molar refractivity (Wildman–Crippen MR) is 53.6 cm³/mol. The van der Waals surface area contributed by atoms with Gasteiger partial charge in [0.2, 0.25) is 0 Å². The Bertz CT molecular complexity index is 579. The quantitative estimate of drug-likeness (QED) is 0.612. The van der Waals surface area contributed by atoms with Crippen LogP contribution in [0.3, 0.4) is 0 Å². The number of rotatable bonds is 2. The van der Waals surface area contributed by atoms with Gasteiger partial charge in [-0.1, -0.05) is 0 Å². The summed E-state index contributed by atoms with van der Waals surface area (Å²) in [5.74, 6) is 0.107. The van der Waals surface area contributed by atoms with Gasteiger partial charge in [0, 0.05) is 11.6 Å². The van der Waals surface area contributed by atoms with Crippen molar-refractivity contribution in [3.05, 3.63) is 46.5 Å². The second-order valence-electron chi connectivity index (χ2n) is 3.35.